The van der Waals surface area contributed by atoms with E-state index >= 15 is 0 Å². The molecule has 0 aromatic rings. The molecule has 1 aliphatic heterocycles. The summed E-state index contributed by atoms with van der Waals surface area (Å²) in [5, 5.41) is 4.32. The van der Waals surface area contributed by atoms with E-state index in [9.17, 15) is 0 Å². The molecule has 1 saturated heterocycles. The van der Waals surface area contributed by atoms with Gasteiger partial charge >= 0.3 is 0 Å². The number of thiocarbonyl (C=S) groups is 1. The molecule has 1 rings (SSSR count). The fourth-order valence-corrected chi connectivity index (χ4v) is 2.34. The number of nitrogens with one attached hydrogen (secondary N) is 1. The Morgan fingerprint density at radius 1 is 1.50 bits per heavy atom. The zero-order valence-corrected chi connectivity index (χ0v) is 10.2. The van der Waals surface area contributed by atoms with Crippen molar-refractivity contribution in [2.45, 2.75) is 52.0 Å². The molecular formula is C11H22N2S. The molecule has 1 heterocycles. The monoisotopic (exact) mass is 214 g/mol. The Balaban J connectivity index is 2.28. The van der Waals surface area contributed by atoms with E-state index in [0.29, 0.717) is 6.04 Å². The second-order valence-electron chi connectivity index (χ2n) is 3.98. The second kappa shape index (κ2) is 6.23. The first-order chi connectivity index (χ1) is 6.79. The standard InChI is InChI=1S/C11H22N2S/c1-3-5-8-12-11(14)13-9-6-7-10(13)4-2/h10H,3-9H2,1-2H3,(H,12,14). The predicted octanol–water partition coefficient (Wildman–Crippen LogP) is 2.54. The van der Waals surface area contributed by atoms with Crippen LogP contribution in [-0.2, 0) is 0 Å². The van der Waals surface area contributed by atoms with E-state index in [2.05, 4.69) is 24.1 Å². The summed E-state index contributed by atoms with van der Waals surface area (Å²) in [6.45, 7) is 6.63. The molecule has 3 heteroatoms. The van der Waals surface area contributed by atoms with Crippen molar-refractivity contribution >= 4 is 17.3 Å². The Morgan fingerprint density at radius 2 is 2.29 bits per heavy atom. The minimum Gasteiger partial charge on any atom is -0.363 e. The first kappa shape index (κ1) is 11.8. The molecule has 0 aromatic heterocycles. The summed E-state index contributed by atoms with van der Waals surface area (Å²) < 4.78 is 0. The van der Waals surface area contributed by atoms with Crippen LogP contribution in [0.15, 0.2) is 0 Å². The van der Waals surface area contributed by atoms with Gasteiger partial charge in [-0.25, -0.2) is 0 Å². The van der Waals surface area contributed by atoms with Gasteiger partial charge in [-0.2, -0.15) is 0 Å². The highest BCUT2D eigenvalue weighted by molar-refractivity contribution is 7.80. The third kappa shape index (κ3) is 3.12. The van der Waals surface area contributed by atoms with E-state index < -0.39 is 0 Å². The number of hydrogen-bond donors (Lipinski definition) is 1. The summed E-state index contributed by atoms with van der Waals surface area (Å²) in [6, 6.07) is 0.691. The molecule has 14 heavy (non-hydrogen) atoms. The Labute approximate surface area is 93.1 Å². The van der Waals surface area contributed by atoms with Crippen LogP contribution in [0.25, 0.3) is 0 Å². The van der Waals surface area contributed by atoms with Gasteiger partial charge in [0.2, 0.25) is 0 Å². The quantitative estimate of drug-likeness (QED) is 0.572. The summed E-state index contributed by atoms with van der Waals surface area (Å²) in [7, 11) is 0. The Bertz CT molecular complexity index is 182. The fraction of sp³-hybridized carbons (Fsp3) is 0.909. The van der Waals surface area contributed by atoms with Gasteiger partial charge in [0.25, 0.3) is 0 Å². The van der Waals surface area contributed by atoms with E-state index in [0.717, 1.165) is 18.2 Å². The van der Waals surface area contributed by atoms with Gasteiger partial charge in [0, 0.05) is 19.1 Å². The Kier molecular flexibility index (Phi) is 5.23. The highest BCUT2D eigenvalue weighted by Crippen LogP contribution is 2.19. The lowest BCUT2D eigenvalue weighted by Gasteiger charge is -2.26. The number of nitrogens with zero attached hydrogens (tertiary/aromatic N) is 1. The molecule has 1 N–H and O–H groups in total. The summed E-state index contributed by atoms with van der Waals surface area (Å²) >= 11 is 5.39. The number of likely N-dealkylation sites (tertiary alicyclic amines) is 1. The topological polar surface area (TPSA) is 15.3 Å². The second-order valence-corrected chi connectivity index (χ2v) is 4.37. The molecule has 1 fully saturated rings. The summed E-state index contributed by atoms with van der Waals surface area (Å²) in [5.74, 6) is 0. The van der Waals surface area contributed by atoms with Crippen LogP contribution < -0.4 is 5.32 Å². The van der Waals surface area contributed by atoms with Gasteiger partial charge in [0.1, 0.15) is 0 Å². The molecule has 0 aromatic carbocycles. The first-order valence-corrected chi connectivity index (χ1v) is 6.24. The first-order valence-electron chi connectivity index (χ1n) is 5.84. The van der Waals surface area contributed by atoms with E-state index in [4.69, 9.17) is 12.2 Å². The van der Waals surface area contributed by atoms with Gasteiger partial charge in [0.05, 0.1) is 0 Å². The lowest BCUT2D eigenvalue weighted by atomic mass is 10.2. The van der Waals surface area contributed by atoms with Crippen molar-refractivity contribution in [2.75, 3.05) is 13.1 Å². The zero-order valence-electron chi connectivity index (χ0n) is 9.38. The SMILES string of the molecule is CCCCNC(=S)N1CCCC1CC. The van der Waals surface area contributed by atoms with Crippen molar-refractivity contribution in [1.82, 2.24) is 10.2 Å². The molecule has 1 aliphatic rings. The molecule has 0 amide bonds. The van der Waals surface area contributed by atoms with Crippen LogP contribution in [0.2, 0.25) is 0 Å². The van der Waals surface area contributed by atoms with Gasteiger partial charge < -0.3 is 10.2 Å². The van der Waals surface area contributed by atoms with Crippen molar-refractivity contribution in [3.63, 3.8) is 0 Å². The molecule has 0 spiro atoms. The van der Waals surface area contributed by atoms with Crippen LogP contribution in [0.4, 0.5) is 0 Å². The molecule has 0 aliphatic carbocycles. The number of unbranched alkanes of at least 4 members (excludes halogenated alkanes) is 1. The average Bonchev–Trinajstić information content (AvgIpc) is 2.65. The molecule has 0 radical (unpaired) electrons. The highest BCUT2D eigenvalue weighted by Gasteiger charge is 2.24. The van der Waals surface area contributed by atoms with E-state index in [1.54, 1.807) is 0 Å². The molecule has 0 saturated carbocycles. The average molecular weight is 214 g/mol. The van der Waals surface area contributed by atoms with Crippen molar-refractivity contribution in [3.8, 4) is 0 Å². The maximum absolute atomic E-state index is 5.39. The lowest BCUT2D eigenvalue weighted by molar-refractivity contribution is 0.373. The van der Waals surface area contributed by atoms with Crippen molar-refractivity contribution < 1.29 is 0 Å². The third-order valence-electron chi connectivity index (χ3n) is 2.92. The van der Waals surface area contributed by atoms with Crippen LogP contribution in [-0.4, -0.2) is 29.1 Å². The van der Waals surface area contributed by atoms with E-state index in [-0.39, 0.29) is 0 Å². The number of rotatable bonds is 4. The summed E-state index contributed by atoms with van der Waals surface area (Å²) in [4.78, 5) is 2.37. The molecule has 2 nitrogen and oxygen atoms in total. The van der Waals surface area contributed by atoms with Gasteiger partial charge in [0.15, 0.2) is 5.11 Å². The zero-order chi connectivity index (χ0) is 10.4. The molecule has 82 valence electrons. The van der Waals surface area contributed by atoms with Crippen LogP contribution in [0.5, 0.6) is 0 Å². The Morgan fingerprint density at radius 3 is 2.93 bits per heavy atom. The molecule has 1 unspecified atom stereocenters. The third-order valence-corrected chi connectivity index (χ3v) is 3.29. The summed E-state index contributed by atoms with van der Waals surface area (Å²) in [5.41, 5.74) is 0. The van der Waals surface area contributed by atoms with Gasteiger partial charge in [-0.15, -0.1) is 0 Å². The van der Waals surface area contributed by atoms with Crippen LogP contribution in [0.1, 0.15) is 46.0 Å². The normalized spacial score (nSPS) is 21.3. The maximum Gasteiger partial charge on any atom is 0.169 e. The largest absolute Gasteiger partial charge is 0.363 e. The van der Waals surface area contributed by atoms with E-state index in [1.807, 2.05) is 0 Å². The number of hydrogen-bond acceptors (Lipinski definition) is 1. The molecule has 0 bridgehead atoms. The van der Waals surface area contributed by atoms with Crippen LogP contribution >= 0.6 is 12.2 Å². The molecule has 1 atom stereocenters. The van der Waals surface area contributed by atoms with Gasteiger partial charge in [-0.05, 0) is 37.9 Å². The summed E-state index contributed by atoms with van der Waals surface area (Å²) in [6.07, 6.45) is 6.27. The van der Waals surface area contributed by atoms with Crippen LogP contribution in [0, 0.1) is 0 Å². The fourth-order valence-electron chi connectivity index (χ4n) is 2.00. The maximum atomic E-state index is 5.39. The highest BCUT2D eigenvalue weighted by atomic mass is 32.1. The predicted molar refractivity (Wildman–Crippen MR) is 65.5 cm³/mol. The lowest BCUT2D eigenvalue weighted by Crippen LogP contribution is -2.42. The Hall–Kier alpha value is -0.310. The van der Waals surface area contributed by atoms with Crippen molar-refractivity contribution in [3.05, 3.63) is 0 Å². The van der Waals surface area contributed by atoms with Gasteiger partial charge in [-0.3, -0.25) is 0 Å². The van der Waals surface area contributed by atoms with Gasteiger partial charge in [-0.1, -0.05) is 20.3 Å². The van der Waals surface area contributed by atoms with Crippen molar-refractivity contribution in [1.29, 1.82) is 0 Å². The van der Waals surface area contributed by atoms with Crippen molar-refractivity contribution in [2.24, 2.45) is 0 Å². The minimum absolute atomic E-state index is 0.691. The van der Waals surface area contributed by atoms with Crippen LogP contribution in [0.3, 0.4) is 0 Å². The van der Waals surface area contributed by atoms with E-state index in [1.165, 1.54) is 32.1 Å². The smallest absolute Gasteiger partial charge is 0.169 e. The molecular weight excluding hydrogens is 192 g/mol. The minimum atomic E-state index is 0.691.